The maximum absolute atomic E-state index is 8.61. The van der Waals surface area contributed by atoms with Gasteiger partial charge in [0.2, 0.25) is 0 Å². The van der Waals surface area contributed by atoms with Crippen molar-refractivity contribution in [1.82, 2.24) is 0 Å². The van der Waals surface area contributed by atoms with Gasteiger partial charge >= 0.3 is 28.5 Å². The summed E-state index contributed by atoms with van der Waals surface area (Å²) in [5.41, 5.74) is 0. The van der Waals surface area contributed by atoms with Gasteiger partial charge in [-0.1, -0.05) is 0 Å². The van der Waals surface area contributed by atoms with Crippen molar-refractivity contribution in [3.63, 3.8) is 0 Å². The Morgan fingerprint density at radius 1 is 0.833 bits per heavy atom. The van der Waals surface area contributed by atoms with E-state index in [1.165, 1.54) is 0 Å². The molecule has 0 saturated carbocycles. The molecule has 0 saturated heterocycles. The van der Waals surface area contributed by atoms with Gasteiger partial charge in [-0.25, -0.2) is 0 Å². The van der Waals surface area contributed by atoms with Gasteiger partial charge in [-0.05, 0) is 0 Å². The summed E-state index contributed by atoms with van der Waals surface area (Å²) in [4.78, 5) is 0. The summed E-state index contributed by atoms with van der Waals surface area (Å²) < 4.78 is 34.4. The summed E-state index contributed by atoms with van der Waals surface area (Å²) in [7, 11) is 0. The Labute approximate surface area is 49.7 Å². The van der Waals surface area contributed by atoms with Crippen LogP contribution in [-0.2, 0) is 49.6 Å². The van der Waals surface area contributed by atoms with Crippen molar-refractivity contribution < 1.29 is 49.6 Å². The van der Waals surface area contributed by atoms with Gasteiger partial charge in [-0.2, -0.15) is 0 Å². The average Bonchev–Trinajstić information content (AvgIpc) is 0.722. The van der Waals surface area contributed by atoms with Crippen LogP contribution in [-0.4, -0.2) is 0 Å². The summed E-state index contributed by atoms with van der Waals surface area (Å²) in [6.45, 7) is 0. The minimum atomic E-state index is -5.88. The third-order valence-electron chi connectivity index (χ3n) is 0. The molecule has 0 atom stereocenters. The number of hydrogen-bond donors (Lipinski definition) is 0. The van der Waals surface area contributed by atoms with Crippen molar-refractivity contribution in [2.75, 3.05) is 0 Å². The molecule has 0 unspecified atom stereocenters. The predicted molar refractivity (Wildman–Crippen MR) is 2.75 cm³/mol. The van der Waals surface area contributed by atoms with Gasteiger partial charge in [-0.3, -0.25) is 0 Å². The van der Waals surface area contributed by atoms with Crippen LogP contribution in [0.25, 0.3) is 0 Å². The van der Waals surface area contributed by atoms with Gasteiger partial charge in [0.05, 0.1) is 0 Å². The molecule has 0 aromatic heterocycles. The molecule has 35 valence electrons. The van der Waals surface area contributed by atoms with Gasteiger partial charge in [0.25, 0.3) is 0 Å². The Balaban J connectivity index is 0. The van der Waals surface area contributed by atoms with Gasteiger partial charge in [0.15, 0.2) is 0 Å². The zero-order valence-corrected chi connectivity index (χ0v) is 5.89. The topological polar surface area (TPSA) is 68.3 Å². The standard InChI is InChI=1S/Mo.4O.V. The first kappa shape index (κ1) is 9.69. The molecular weight excluding hydrogens is 211 g/mol. The Morgan fingerprint density at radius 2 is 0.833 bits per heavy atom. The van der Waals surface area contributed by atoms with Crippen LogP contribution in [0.5, 0.6) is 0 Å². The molecule has 0 radical (unpaired) electrons. The Hall–Kier alpha value is 0.473. The van der Waals surface area contributed by atoms with Crippen molar-refractivity contribution in [3.8, 4) is 0 Å². The summed E-state index contributed by atoms with van der Waals surface area (Å²) in [5, 5.41) is 0. The van der Waals surface area contributed by atoms with E-state index in [1.807, 2.05) is 0 Å². The molecule has 6 heteroatoms. The van der Waals surface area contributed by atoms with E-state index in [1.54, 1.807) is 0 Å². The van der Waals surface area contributed by atoms with E-state index in [0.29, 0.717) is 0 Å². The molecule has 0 aliphatic rings. The first-order valence-corrected chi connectivity index (χ1v) is 3.01. The molecule has 0 fully saturated rings. The van der Waals surface area contributed by atoms with Crippen molar-refractivity contribution in [3.05, 3.63) is 0 Å². The van der Waals surface area contributed by atoms with Crippen molar-refractivity contribution >= 4 is 0 Å². The maximum atomic E-state index is 8.61. The van der Waals surface area contributed by atoms with Crippen molar-refractivity contribution in [1.29, 1.82) is 0 Å². The molecule has 0 aromatic carbocycles. The van der Waals surface area contributed by atoms with Gasteiger partial charge in [0.1, 0.15) is 0 Å². The van der Waals surface area contributed by atoms with E-state index in [-0.39, 0.29) is 21.1 Å². The van der Waals surface area contributed by atoms with Crippen LogP contribution in [0, 0.1) is 0 Å². The van der Waals surface area contributed by atoms with Crippen LogP contribution < -0.4 is 0 Å². The van der Waals surface area contributed by atoms with E-state index in [0.717, 1.165) is 0 Å². The SMILES string of the molecule is [Mo].[O]=[V](=[O])(=[O])=[O]. The van der Waals surface area contributed by atoms with Gasteiger partial charge in [-0.15, -0.1) is 0 Å². The molecule has 0 aromatic rings. The third kappa shape index (κ3) is 241. The fourth-order valence-corrected chi connectivity index (χ4v) is 0. The third-order valence-corrected chi connectivity index (χ3v) is 0. The molecule has 4 nitrogen and oxygen atoms in total. The predicted octanol–water partition coefficient (Wildman–Crippen LogP) is -0.480. The molecule has 0 spiro atoms. The van der Waals surface area contributed by atoms with Gasteiger partial charge < -0.3 is 0 Å². The van der Waals surface area contributed by atoms with Crippen LogP contribution in [0.3, 0.4) is 0 Å². The van der Waals surface area contributed by atoms with E-state index >= 15 is 0 Å². The second kappa shape index (κ2) is 2.61. The molecule has 0 aliphatic heterocycles. The van der Waals surface area contributed by atoms with E-state index in [4.69, 9.17) is 14.7 Å². The quantitative estimate of drug-likeness (QED) is 0.507. The Morgan fingerprint density at radius 3 is 0.833 bits per heavy atom. The molecule has 6 heavy (non-hydrogen) atoms. The van der Waals surface area contributed by atoms with Gasteiger partial charge in [0, 0.05) is 21.1 Å². The molecule has 0 N–H and O–H groups in total. The fourth-order valence-electron chi connectivity index (χ4n) is 0. The monoisotopic (exact) mass is 213 g/mol. The van der Waals surface area contributed by atoms with E-state index in [2.05, 4.69) is 0 Å². The second-order valence-corrected chi connectivity index (χ2v) is 1.84. The zero-order valence-electron chi connectivity index (χ0n) is 2.49. The molecule has 0 amide bonds. The fraction of sp³-hybridized carbons (Fsp3) is 0. The van der Waals surface area contributed by atoms with E-state index < -0.39 is 13.8 Å². The van der Waals surface area contributed by atoms with Crippen LogP contribution in [0.15, 0.2) is 0 Å². The second-order valence-electron chi connectivity index (χ2n) is 0.447. The van der Waals surface area contributed by atoms with Crippen LogP contribution in [0.4, 0.5) is 0 Å². The molecule has 0 aliphatic carbocycles. The summed E-state index contributed by atoms with van der Waals surface area (Å²) in [6.07, 6.45) is 0. The minimum absolute atomic E-state index is 0. The molecule has 0 bridgehead atoms. The first-order chi connectivity index (χ1) is 2.00. The summed E-state index contributed by atoms with van der Waals surface area (Å²) >= 11 is -5.88. The molecule has 0 heterocycles. The zero-order chi connectivity index (χ0) is 4.50. The van der Waals surface area contributed by atoms with E-state index in [9.17, 15) is 0 Å². The summed E-state index contributed by atoms with van der Waals surface area (Å²) in [6, 6.07) is 0. The van der Waals surface area contributed by atoms with Crippen molar-refractivity contribution in [2.45, 2.75) is 0 Å². The van der Waals surface area contributed by atoms with Crippen LogP contribution in [0.2, 0.25) is 0 Å². The number of hydrogen-bond acceptors (Lipinski definition) is 4. The first-order valence-electron chi connectivity index (χ1n) is 0.730. The number of rotatable bonds is 0. The summed E-state index contributed by atoms with van der Waals surface area (Å²) in [5.74, 6) is 0. The normalized spacial score (nSPS) is 6.67. The average molecular weight is 211 g/mol. The van der Waals surface area contributed by atoms with Crippen molar-refractivity contribution in [2.24, 2.45) is 0 Å². The van der Waals surface area contributed by atoms with Crippen LogP contribution >= 0.6 is 0 Å². The Bertz CT molecular complexity index is 159. The molecular formula is MoO4V. The Kier molecular flexibility index (Phi) is 4.22. The van der Waals surface area contributed by atoms with Crippen LogP contribution in [0.1, 0.15) is 0 Å². The molecule has 0 rings (SSSR count).